The molecule has 0 bridgehead atoms. The minimum absolute atomic E-state index is 0.141. The zero-order chi connectivity index (χ0) is 13.2. The van der Waals surface area contributed by atoms with Crippen LogP contribution >= 0.6 is 0 Å². The summed E-state index contributed by atoms with van der Waals surface area (Å²) in [5.74, 6) is 0.626. The zero-order valence-corrected chi connectivity index (χ0v) is 11.5. The molecule has 1 saturated carbocycles. The Labute approximate surface area is 110 Å². The molecule has 0 aliphatic heterocycles. The van der Waals surface area contributed by atoms with Crippen LogP contribution < -0.4 is 5.73 Å². The molecule has 0 spiro atoms. The highest BCUT2D eigenvalue weighted by molar-refractivity contribution is 5.30. The van der Waals surface area contributed by atoms with Gasteiger partial charge in [-0.25, -0.2) is 4.39 Å². The van der Waals surface area contributed by atoms with Crippen molar-refractivity contribution >= 4 is 0 Å². The lowest BCUT2D eigenvalue weighted by atomic mass is 9.82. The van der Waals surface area contributed by atoms with E-state index < -0.39 is 5.54 Å². The molecule has 2 N–H and O–H groups in total. The summed E-state index contributed by atoms with van der Waals surface area (Å²) in [6, 6.07) is 5.30. The first-order valence-corrected chi connectivity index (χ1v) is 7.10. The average molecular weight is 249 g/mol. The lowest BCUT2D eigenvalue weighted by molar-refractivity contribution is 0.357. The molecule has 1 aliphatic carbocycles. The van der Waals surface area contributed by atoms with Crippen LogP contribution in [0.15, 0.2) is 18.2 Å². The number of hydrogen-bond donors (Lipinski definition) is 1. The molecule has 1 fully saturated rings. The molecule has 18 heavy (non-hydrogen) atoms. The third kappa shape index (κ3) is 2.74. The summed E-state index contributed by atoms with van der Waals surface area (Å²) < 4.78 is 14.0. The smallest absolute Gasteiger partial charge is 0.128 e. The molecule has 0 saturated heterocycles. The van der Waals surface area contributed by atoms with Gasteiger partial charge in [-0.05, 0) is 38.2 Å². The number of aryl methyl sites for hydroxylation is 1. The van der Waals surface area contributed by atoms with Crippen LogP contribution in [0.2, 0.25) is 0 Å². The highest BCUT2D eigenvalue weighted by Crippen LogP contribution is 2.38. The van der Waals surface area contributed by atoms with Crippen molar-refractivity contribution in [3.8, 4) is 0 Å². The first-order valence-electron chi connectivity index (χ1n) is 7.10. The second-order valence-electron chi connectivity index (χ2n) is 5.84. The van der Waals surface area contributed by atoms with E-state index in [4.69, 9.17) is 5.73 Å². The molecule has 100 valence electrons. The third-order valence-corrected chi connectivity index (χ3v) is 4.47. The predicted octanol–water partition coefficient (Wildman–Crippen LogP) is 4.28. The Morgan fingerprint density at radius 3 is 2.83 bits per heavy atom. The van der Waals surface area contributed by atoms with Crippen molar-refractivity contribution in [2.45, 2.75) is 57.9 Å². The largest absolute Gasteiger partial charge is 0.321 e. The number of halogens is 1. The van der Waals surface area contributed by atoms with Crippen LogP contribution in [-0.4, -0.2) is 0 Å². The van der Waals surface area contributed by atoms with Crippen LogP contribution in [0, 0.1) is 18.7 Å². The Morgan fingerprint density at radius 1 is 1.33 bits per heavy atom. The summed E-state index contributed by atoms with van der Waals surface area (Å²) in [6.45, 7) is 4.24. The lowest BCUT2D eigenvalue weighted by Crippen LogP contribution is -2.37. The number of hydrogen-bond acceptors (Lipinski definition) is 1. The SMILES string of the molecule is CCC1CCCC(N)(c2cc(C)ccc2F)CC1. The molecule has 1 nitrogen and oxygen atoms in total. The van der Waals surface area contributed by atoms with Crippen molar-refractivity contribution in [2.24, 2.45) is 11.7 Å². The molecular formula is C16H24FN. The summed E-state index contributed by atoms with van der Waals surface area (Å²) in [5.41, 5.74) is 7.88. The Hall–Kier alpha value is -0.890. The monoisotopic (exact) mass is 249 g/mol. The molecule has 2 atom stereocenters. The molecule has 0 radical (unpaired) electrons. The minimum atomic E-state index is -0.458. The van der Waals surface area contributed by atoms with Crippen molar-refractivity contribution in [3.05, 3.63) is 35.1 Å². The maximum Gasteiger partial charge on any atom is 0.128 e. The van der Waals surface area contributed by atoms with E-state index >= 15 is 0 Å². The van der Waals surface area contributed by atoms with Gasteiger partial charge in [0.25, 0.3) is 0 Å². The van der Waals surface area contributed by atoms with E-state index in [2.05, 4.69) is 6.92 Å². The van der Waals surface area contributed by atoms with Gasteiger partial charge >= 0.3 is 0 Å². The second kappa shape index (κ2) is 5.40. The Balaban J connectivity index is 2.27. The number of nitrogens with two attached hydrogens (primary N) is 1. The summed E-state index contributed by atoms with van der Waals surface area (Å²) >= 11 is 0. The van der Waals surface area contributed by atoms with Crippen molar-refractivity contribution < 1.29 is 4.39 Å². The van der Waals surface area contributed by atoms with Gasteiger partial charge in [0.15, 0.2) is 0 Å². The maximum atomic E-state index is 14.0. The molecule has 0 aromatic heterocycles. The van der Waals surface area contributed by atoms with Crippen LogP contribution in [-0.2, 0) is 5.54 Å². The fraction of sp³-hybridized carbons (Fsp3) is 0.625. The molecule has 1 aromatic carbocycles. The Morgan fingerprint density at radius 2 is 2.11 bits per heavy atom. The van der Waals surface area contributed by atoms with Crippen LogP contribution in [0.25, 0.3) is 0 Å². The lowest BCUT2D eigenvalue weighted by Gasteiger charge is -2.29. The van der Waals surface area contributed by atoms with E-state index in [0.717, 1.165) is 42.7 Å². The predicted molar refractivity (Wildman–Crippen MR) is 73.9 cm³/mol. The van der Waals surface area contributed by atoms with E-state index in [1.165, 1.54) is 12.8 Å². The van der Waals surface area contributed by atoms with Crippen molar-refractivity contribution in [1.82, 2.24) is 0 Å². The Bertz CT molecular complexity index is 416. The Kier molecular flexibility index (Phi) is 4.06. The van der Waals surface area contributed by atoms with E-state index in [0.29, 0.717) is 0 Å². The molecule has 0 heterocycles. The molecular weight excluding hydrogens is 225 g/mol. The van der Waals surface area contributed by atoms with Crippen LogP contribution in [0.4, 0.5) is 4.39 Å². The van der Waals surface area contributed by atoms with Crippen LogP contribution in [0.1, 0.15) is 56.6 Å². The first kappa shape index (κ1) is 13.5. The topological polar surface area (TPSA) is 26.0 Å². The van der Waals surface area contributed by atoms with E-state index in [-0.39, 0.29) is 5.82 Å². The molecule has 1 aliphatic rings. The zero-order valence-electron chi connectivity index (χ0n) is 11.5. The summed E-state index contributed by atoms with van der Waals surface area (Å²) in [6.07, 6.45) is 6.51. The highest BCUT2D eigenvalue weighted by Gasteiger charge is 2.32. The fourth-order valence-electron chi connectivity index (χ4n) is 3.14. The van der Waals surface area contributed by atoms with Crippen molar-refractivity contribution in [2.75, 3.05) is 0 Å². The number of rotatable bonds is 2. The first-order chi connectivity index (χ1) is 8.55. The van der Waals surface area contributed by atoms with E-state index in [9.17, 15) is 4.39 Å². The van der Waals surface area contributed by atoms with Gasteiger partial charge in [-0.1, -0.05) is 43.9 Å². The molecule has 0 amide bonds. The summed E-state index contributed by atoms with van der Waals surface area (Å²) in [7, 11) is 0. The maximum absolute atomic E-state index is 14.0. The highest BCUT2D eigenvalue weighted by atomic mass is 19.1. The van der Waals surface area contributed by atoms with Gasteiger partial charge in [0.1, 0.15) is 5.82 Å². The van der Waals surface area contributed by atoms with Gasteiger partial charge in [0.05, 0.1) is 0 Å². The van der Waals surface area contributed by atoms with Crippen LogP contribution in [0.5, 0.6) is 0 Å². The summed E-state index contributed by atoms with van der Waals surface area (Å²) in [4.78, 5) is 0. The number of benzene rings is 1. The van der Waals surface area contributed by atoms with Gasteiger partial charge in [-0.15, -0.1) is 0 Å². The summed E-state index contributed by atoms with van der Waals surface area (Å²) in [5, 5.41) is 0. The molecule has 2 unspecified atom stereocenters. The average Bonchev–Trinajstić information content (AvgIpc) is 2.55. The normalized spacial score (nSPS) is 29.0. The van der Waals surface area contributed by atoms with Gasteiger partial charge in [-0.3, -0.25) is 0 Å². The van der Waals surface area contributed by atoms with Crippen molar-refractivity contribution in [3.63, 3.8) is 0 Å². The molecule has 2 heteroatoms. The van der Waals surface area contributed by atoms with Gasteiger partial charge in [-0.2, -0.15) is 0 Å². The quantitative estimate of drug-likeness (QED) is 0.778. The minimum Gasteiger partial charge on any atom is -0.321 e. The third-order valence-electron chi connectivity index (χ3n) is 4.47. The molecule has 1 aromatic rings. The van der Waals surface area contributed by atoms with Gasteiger partial charge in [0, 0.05) is 11.1 Å². The van der Waals surface area contributed by atoms with Crippen molar-refractivity contribution in [1.29, 1.82) is 0 Å². The van der Waals surface area contributed by atoms with E-state index in [1.54, 1.807) is 6.07 Å². The van der Waals surface area contributed by atoms with Gasteiger partial charge < -0.3 is 5.73 Å². The van der Waals surface area contributed by atoms with Crippen LogP contribution in [0.3, 0.4) is 0 Å². The van der Waals surface area contributed by atoms with Gasteiger partial charge in [0.2, 0.25) is 0 Å². The standard InChI is InChI=1S/C16H24FN/c1-3-13-5-4-9-16(18,10-8-13)14-11-12(2)6-7-15(14)17/h6-7,11,13H,3-5,8-10,18H2,1-2H3. The fourth-order valence-corrected chi connectivity index (χ4v) is 3.14. The second-order valence-corrected chi connectivity index (χ2v) is 5.84. The molecule has 2 rings (SSSR count). The van der Waals surface area contributed by atoms with E-state index in [1.807, 2.05) is 19.1 Å².